The largest absolute Gasteiger partial charge is 0.512 e. The predicted octanol–water partition coefficient (Wildman–Crippen LogP) is 2.94. The smallest absolute Gasteiger partial charge is 0.412 e. The Morgan fingerprint density at radius 3 is 2.30 bits per heavy atom. The van der Waals surface area contributed by atoms with Gasteiger partial charge < -0.3 is 40.3 Å². The summed E-state index contributed by atoms with van der Waals surface area (Å²) in [6, 6.07) is 4.78. The van der Waals surface area contributed by atoms with E-state index in [1.165, 1.54) is 19.9 Å². The van der Waals surface area contributed by atoms with Crippen LogP contribution >= 0.6 is 0 Å². The number of aliphatic hydroxyl groups is 5. The van der Waals surface area contributed by atoms with Gasteiger partial charge in [-0.2, -0.15) is 0 Å². The van der Waals surface area contributed by atoms with Gasteiger partial charge in [0.05, 0.1) is 0 Å². The molecule has 0 aliphatic rings. The molecule has 1 aromatic rings. The second-order valence-electron chi connectivity index (χ2n) is 5.59. The van der Waals surface area contributed by atoms with Crippen LogP contribution in [-0.2, 0) is 9.47 Å². The molecule has 0 spiro atoms. The van der Waals surface area contributed by atoms with Crippen LogP contribution in [0.25, 0.3) is 0 Å². The number of nitrogens with one attached hydrogen (secondary N) is 2. The Morgan fingerprint density at radius 2 is 1.70 bits per heavy atom. The molecule has 0 bridgehead atoms. The fraction of sp³-hybridized carbons (Fsp3) is 0.353. The summed E-state index contributed by atoms with van der Waals surface area (Å²) in [7, 11) is 0. The van der Waals surface area contributed by atoms with Gasteiger partial charge in [0.15, 0.2) is 17.6 Å². The topological polar surface area (TPSA) is 161 Å². The van der Waals surface area contributed by atoms with E-state index in [9.17, 15) is 20.1 Å². The zero-order chi connectivity index (χ0) is 20.6. The fourth-order valence-electron chi connectivity index (χ4n) is 1.86. The van der Waals surface area contributed by atoms with Crippen molar-refractivity contribution in [1.29, 1.82) is 0 Å². The first-order valence-corrected chi connectivity index (χ1v) is 7.92. The quantitative estimate of drug-likeness (QED) is 0.264. The Labute approximate surface area is 156 Å². The summed E-state index contributed by atoms with van der Waals surface area (Å²) in [5, 5.41) is 50.9. The van der Waals surface area contributed by atoms with Gasteiger partial charge in [0.1, 0.15) is 18.6 Å². The number of aryl methyl sites for hydroxylation is 1. The van der Waals surface area contributed by atoms with Crippen LogP contribution in [0.1, 0.15) is 19.4 Å². The van der Waals surface area contributed by atoms with E-state index >= 15 is 0 Å². The van der Waals surface area contributed by atoms with Crippen molar-refractivity contribution in [2.75, 3.05) is 10.6 Å². The Hall–Kier alpha value is -3.11. The highest BCUT2D eigenvalue weighted by Crippen LogP contribution is 2.22. The molecular weight excluding hydrogens is 360 g/mol. The van der Waals surface area contributed by atoms with E-state index in [2.05, 4.69) is 10.6 Å². The molecule has 150 valence electrons. The first-order valence-electron chi connectivity index (χ1n) is 7.92. The van der Waals surface area contributed by atoms with Crippen LogP contribution in [-0.4, -0.2) is 50.2 Å². The molecule has 0 radical (unpaired) electrons. The molecule has 0 aromatic heterocycles. The molecule has 3 unspecified atom stereocenters. The molecule has 1 amide bonds. The van der Waals surface area contributed by atoms with Crippen molar-refractivity contribution < 1.29 is 39.8 Å². The number of hydrogen-bond acceptors (Lipinski definition) is 9. The number of amides is 1. The number of carbonyl (C=O) groups excluding carboxylic acids is 1. The molecule has 3 atom stereocenters. The summed E-state index contributed by atoms with van der Waals surface area (Å²) in [5.74, 6) is -0.967. The molecule has 1 rings (SSSR count). The second-order valence-corrected chi connectivity index (χ2v) is 5.59. The van der Waals surface area contributed by atoms with Gasteiger partial charge in [0.2, 0.25) is 6.41 Å². The van der Waals surface area contributed by atoms with Gasteiger partial charge in [-0.05, 0) is 38.5 Å². The lowest BCUT2D eigenvalue weighted by atomic mass is 10.2. The molecule has 0 saturated carbocycles. The summed E-state index contributed by atoms with van der Waals surface area (Å²) in [4.78, 5) is 11.9. The van der Waals surface area contributed by atoms with Gasteiger partial charge in [-0.1, -0.05) is 6.07 Å². The minimum absolute atomic E-state index is 0.364. The van der Waals surface area contributed by atoms with Crippen molar-refractivity contribution >= 4 is 17.5 Å². The Morgan fingerprint density at radius 1 is 1.11 bits per heavy atom. The minimum Gasteiger partial charge on any atom is -0.512 e. The van der Waals surface area contributed by atoms with Crippen molar-refractivity contribution in [3.8, 4) is 0 Å². The Kier molecular flexibility index (Phi) is 8.24. The lowest BCUT2D eigenvalue weighted by Crippen LogP contribution is -2.28. The standard InChI is InChI=1S/C17H24N2O8/c1-9-4-5-12(18-16(24)26-10(2)14(22)7-20)6-13(9)19-17(25)27-11(3)15(23)8-21/h4-8,10-11,16,18,20-24H,1-3H3,(H,19,25). The summed E-state index contributed by atoms with van der Waals surface area (Å²) in [6.45, 7) is 4.52. The number of aliphatic hydroxyl groups excluding tert-OH is 5. The van der Waals surface area contributed by atoms with Crippen molar-refractivity contribution in [1.82, 2.24) is 0 Å². The molecular formula is C17H24N2O8. The van der Waals surface area contributed by atoms with Gasteiger partial charge in [-0.3, -0.25) is 5.32 Å². The van der Waals surface area contributed by atoms with Crippen molar-refractivity contribution in [3.63, 3.8) is 0 Å². The third kappa shape index (κ3) is 6.96. The molecule has 0 heterocycles. The van der Waals surface area contributed by atoms with Gasteiger partial charge in [-0.15, -0.1) is 0 Å². The van der Waals surface area contributed by atoms with Crippen LogP contribution in [0.15, 0.2) is 42.2 Å². The van der Waals surface area contributed by atoms with Crippen LogP contribution < -0.4 is 10.6 Å². The maximum absolute atomic E-state index is 11.9. The van der Waals surface area contributed by atoms with E-state index in [-0.39, 0.29) is 0 Å². The van der Waals surface area contributed by atoms with E-state index in [1.807, 2.05) is 0 Å². The number of anilines is 2. The third-order valence-electron chi connectivity index (χ3n) is 3.48. The lowest BCUT2D eigenvalue weighted by Gasteiger charge is -2.20. The molecule has 7 N–H and O–H groups in total. The zero-order valence-corrected chi connectivity index (χ0v) is 15.1. The number of rotatable bonds is 8. The number of benzene rings is 1. The summed E-state index contributed by atoms with van der Waals surface area (Å²) < 4.78 is 9.94. The van der Waals surface area contributed by atoms with E-state index < -0.39 is 36.2 Å². The van der Waals surface area contributed by atoms with Gasteiger partial charge in [-0.25, -0.2) is 4.79 Å². The normalized spacial score (nSPS) is 15.6. The molecule has 1 aromatic carbocycles. The van der Waals surface area contributed by atoms with Gasteiger partial charge in [0, 0.05) is 11.4 Å². The summed E-state index contributed by atoms with van der Waals surface area (Å²) in [6.07, 6.45) is -3.47. The maximum Gasteiger partial charge on any atom is 0.412 e. The number of ether oxygens (including phenoxy) is 2. The zero-order valence-electron chi connectivity index (χ0n) is 15.1. The summed E-state index contributed by atoms with van der Waals surface area (Å²) >= 11 is 0. The maximum atomic E-state index is 11.9. The van der Waals surface area contributed by atoms with Crippen LogP contribution in [0.4, 0.5) is 16.2 Å². The Bertz CT molecular complexity index is 704. The Balaban J connectivity index is 2.75. The van der Waals surface area contributed by atoms with E-state index in [0.29, 0.717) is 29.5 Å². The van der Waals surface area contributed by atoms with Crippen LogP contribution in [0, 0.1) is 6.92 Å². The second kappa shape index (κ2) is 10.1. The molecule has 0 saturated heterocycles. The van der Waals surface area contributed by atoms with Crippen molar-refractivity contribution in [2.45, 2.75) is 39.4 Å². The van der Waals surface area contributed by atoms with E-state index in [4.69, 9.17) is 19.7 Å². The number of hydrogen-bond donors (Lipinski definition) is 7. The highest BCUT2D eigenvalue weighted by Gasteiger charge is 2.16. The van der Waals surface area contributed by atoms with Crippen LogP contribution in [0.2, 0.25) is 0 Å². The lowest BCUT2D eigenvalue weighted by molar-refractivity contribution is -0.110. The molecule has 0 aliphatic carbocycles. The minimum atomic E-state index is -1.50. The van der Waals surface area contributed by atoms with E-state index in [0.717, 1.165) is 0 Å². The fourth-order valence-corrected chi connectivity index (χ4v) is 1.86. The molecule has 10 heteroatoms. The van der Waals surface area contributed by atoms with E-state index in [1.54, 1.807) is 19.1 Å². The number of carbonyl (C=O) groups is 1. The van der Waals surface area contributed by atoms with Crippen molar-refractivity contribution in [3.05, 3.63) is 47.8 Å². The first-order chi connectivity index (χ1) is 12.7. The SMILES string of the molecule is Cc1ccc(NC(O)OC(C)C(O)=CO)cc1NC(=O)OC(C)C(O)=CO. The monoisotopic (exact) mass is 384 g/mol. The molecule has 10 nitrogen and oxygen atoms in total. The van der Waals surface area contributed by atoms with Gasteiger partial charge in [0.25, 0.3) is 0 Å². The van der Waals surface area contributed by atoms with Crippen molar-refractivity contribution in [2.24, 2.45) is 0 Å². The average Bonchev–Trinajstić information content (AvgIpc) is 2.62. The predicted molar refractivity (Wildman–Crippen MR) is 97.6 cm³/mol. The van der Waals surface area contributed by atoms with Crippen LogP contribution in [0.5, 0.6) is 0 Å². The molecule has 0 aliphatic heterocycles. The molecule has 0 fully saturated rings. The summed E-state index contributed by atoms with van der Waals surface area (Å²) in [5.41, 5.74) is 1.44. The highest BCUT2D eigenvalue weighted by atomic mass is 16.6. The molecule has 27 heavy (non-hydrogen) atoms. The highest BCUT2D eigenvalue weighted by molar-refractivity contribution is 5.86. The average molecular weight is 384 g/mol. The first kappa shape index (κ1) is 21.9. The van der Waals surface area contributed by atoms with Gasteiger partial charge >= 0.3 is 6.09 Å². The third-order valence-corrected chi connectivity index (χ3v) is 3.48. The van der Waals surface area contributed by atoms with Crippen LogP contribution in [0.3, 0.4) is 0 Å².